The number of nitrogens with one attached hydrogen (secondary N) is 2. The molecule has 0 fully saturated rings. The highest BCUT2D eigenvalue weighted by atomic mass is 35.5. The van der Waals surface area contributed by atoms with Crippen molar-refractivity contribution in [1.82, 2.24) is 5.32 Å². The van der Waals surface area contributed by atoms with Crippen LogP contribution in [0.3, 0.4) is 0 Å². The lowest BCUT2D eigenvalue weighted by Gasteiger charge is -2.13. The molecule has 1 amide bonds. The third-order valence-electron chi connectivity index (χ3n) is 4.82. The molecule has 3 aromatic carbocycles. The summed E-state index contributed by atoms with van der Waals surface area (Å²) in [5.41, 5.74) is 0.471. The molecule has 6 nitrogen and oxygen atoms in total. The zero-order valence-electron chi connectivity index (χ0n) is 18.0. The molecule has 1 heterocycles. The van der Waals surface area contributed by atoms with Gasteiger partial charge in [0.15, 0.2) is 6.17 Å². The van der Waals surface area contributed by atoms with Crippen LogP contribution in [0.25, 0.3) is 5.70 Å². The second-order valence-corrected chi connectivity index (χ2v) is 8.35. The Kier molecular flexibility index (Phi) is 7.37. The van der Waals surface area contributed by atoms with Crippen LogP contribution in [0, 0.1) is 5.82 Å². The number of hydrogen-bond acceptors (Lipinski definition) is 4. The van der Waals surface area contributed by atoms with Gasteiger partial charge in [0.05, 0.1) is 11.3 Å². The van der Waals surface area contributed by atoms with Crippen LogP contribution in [0.2, 0.25) is 10.0 Å². The summed E-state index contributed by atoms with van der Waals surface area (Å²) < 4.78 is 52.3. The molecule has 0 spiro atoms. The Hall–Kier alpha value is -3.76. The van der Waals surface area contributed by atoms with Gasteiger partial charge in [-0.15, -0.1) is 0 Å². The first-order valence-corrected chi connectivity index (χ1v) is 11.0. The van der Waals surface area contributed by atoms with Crippen LogP contribution in [-0.2, 0) is 6.18 Å². The first-order chi connectivity index (χ1) is 17.1. The predicted octanol–water partition coefficient (Wildman–Crippen LogP) is 7.18. The number of benzene rings is 3. The van der Waals surface area contributed by atoms with Crippen LogP contribution >= 0.6 is 23.2 Å². The van der Waals surface area contributed by atoms with Crippen molar-refractivity contribution in [2.75, 3.05) is 5.32 Å². The first-order valence-electron chi connectivity index (χ1n) is 10.2. The fourth-order valence-corrected chi connectivity index (χ4v) is 3.50. The summed E-state index contributed by atoms with van der Waals surface area (Å²) in [5, 5.41) is 14.0. The van der Waals surface area contributed by atoms with Gasteiger partial charge in [0.2, 0.25) is 5.96 Å². The molecule has 184 valence electrons. The molecular formula is C24H15Cl2F4N5O. The van der Waals surface area contributed by atoms with Crippen LogP contribution in [0.15, 0.2) is 88.0 Å². The van der Waals surface area contributed by atoms with Crippen LogP contribution < -0.4 is 10.6 Å². The van der Waals surface area contributed by atoms with E-state index < -0.39 is 29.6 Å². The smallest absolute Gasteiger partial charge is 0.326 e. The van der Waals surface area contributed by atoms with Gasteiger partial charge in [-0.1, -0.05) is 35.3 Å². The SMILES string of the molecule is O=C(NC(=NC1C=C(c2ccc(Cl)cc2)N=N1)Nc1cc(F)cc(Cl)c1)c1ccc(C(F)(F)F)cc1. The molecule has 4 rings (SSSR count). The summed E-state index contributed by atoms with van der Waals surface area (Å²) in [5.74, 6) is -1.54. The lowest BCUT2D eigenvalue weighted by Crippen LogP contribution is -2.36. The number of amides is 1. The Morgan fingerprint density at radius 1 is 0.944 bits per heavy atom. The summed E-state index contributed by atoms with van der Waals surface area (Å²) in [6.07, 6.45) is -3.77. The van der Waals surface area contributed by atoms with Crippen LogP contribution in [-0.4, -0.2) is 18.0 Å². The van der Waals surface area contributed by atoms with Crippen LogP contribution in [0.1, 0.15) is 21.5 Å². The van der Waals surface area contributed by atoms with Crippen molar-refractivity contribution in [1.29, 1.82) is 0 Å². The molecule has 1 unspecified atom stereocenters. The Labute approximate surface area is 212 Å². The number of guanidine groups is 1. The van der Waals surface area contributed by atoms with E-state index in [1.807, 2.05) is 0 Å². The minimum Gasteiger partial charge on any atom is -0.326 e. The lowest BCUT2D eigenvalue weighted by atomic mass is 10.1. The van der Waals surface area contributed by atoms with Gasteiger partial charge >= 0.3 is 6.18 Å². The maximum Gasteiger partial charge on any atom is 0.416 e. The summed E-state index contributed by atoms with van der Waals surface area (Å²) >= 11 is 11.8. The molecule has 1 aliphatic heterocycles. The van der Waals surface area contributed by atoms with E-state index in [0.29, 0.717) is 10.7 Å². The van der Waals surface area contributed by atoms with E-state index in [0.717, 1.165) is 42.0 Å². The number of carbonyl (C=O) groups is 1. The monoisotopic (exact) mass is 535 g/mol. The topological polar surface area (TPSA) is 78.2 Å². The third-order valence-corrected chi connectivity index (χ3v) is 5.29. The molecular weight excluding hydrogens is 521 g/mol. The second kappa shape index (κ2) is 10.5. The summed E-state index contributed by atoms with van der Waals surface area (Å²) in [6.45, 7) is 0. The predicted molar refractivity (Wildman–Crippen MR) is 129 cm³/mol. The molecule has 0 aromatic heterocycles. The molecule has 3 aromatic rings. The van der Waals surface area contributed by atoms with Crippen molar-refractivity contribution < 1.29 is 22.4 Å². The van der Waals surface area contributed by atoms with Crippen molar-refractivity contribution in [2.24, 2.45) is 15.2 Å². The highest BCUT2D eigenvalue weighted by Gasteiger charge is 2.30. The van der Waals surface area contributed by atoms with Gasteiger partial charge in [0, 0.05) is 26.9 Å². The van der Waals surface area contributed by atoms with E-state index >= 15 is 0 Å². The van der Waals surface area contributed by atoms with E-state index in [2.05, 4.69) is 25.9 Å². The standard InChI is InChI=1S/C24H15Cl2F4N5O/c25-16-7-3-13(4-8-16)20-12-21(35-34-20)32-23(31-19-10-17(26)9-18(27)11-19)33-22(36)14-1-5-15(6-2-14)24(28,29)30/h1-12,21H,(H2,31,32,33,36). The van der Waals surface area contributed by atoms with Crippen molar-refractivity contribution in [3.63, 3.8) is 0 Å². The summed E-state index contributed by atoms with van der Waals surface area (Å²) in [7, 11) is 0. The molecule has 1 atom stereocenters. The zero-order valence-corrected chi connectivity index (χ0v) is 19.5. The van der Waals surface area contributed by atoms with Crippen LogP contribution in [0.5, 0.6) is 0 Å². The second-order valence-electron chi connectivity index (χ2n) is 7.48. The maximum atomic E-state index is 13.8. The molecule has 36 heavy (non-hydrogen) atoms. The number of alkyl halides is 3. The van der Waals surface area contributed by atoms with Gasteiger partial charge in [0.1, 0.15) is 5.82 Å². The zero-order chi connectivity index (χ0) is 25.9. The van der Waals surface area contributed by atoms with Gasteiger partial charge < -0.3 is 5.32 Å². The van der Waals surface area contributed by atoms with Crippen molar-refractivity contribution >= 4 is 46.5 Å². The highest BCUT2D eigenvalue weighted by Crippen LogP contribution is 2.29. The van der Waals surface area contributed by atoms with Gasteiger partial charge in [-0.25, -0.2) is 9.38 Å². The molecule has 1 aliphatic rings. The van der Waals surface area contributed by atoms with Crippen molar-refractivity contribution in [3.8, 4) is 0 Å². The molecule has 0 saturated carbocycles. The minimum absolute atomic E-state index is 0.0554. The number of nitrogens with zero attached hydrogens (tertiary/aromatic N) is 3. The number of azo groups is 1. The van der Waals surface area contributed by atoms with Crippen molar-refractivity contribution in [2.45, 2.75) is 12.3 Å². The molecule has 12 heteroatoms. The molecule has 2 N–H and O–H groups in total. The van der Waals surface area contributed by atoms with Gasteiger partial charge in [-0.05, 0) is 60.7 Å². The number of aliphatic imine (C=N–C) groups is 1. The third kappa shape index (κ3) is 6.46. The van der Waals surface area contributed by atoms with Gasteiger partial charge in [0.25, 0.3) is 5.91 Å². The number of carbonyl (C=O) groups excluding carboxylic acids is 1. The Bertz CT molecular complexity index is 1350. The number of hydrogen-bond donors (Lipinski definition) is 2. The quantitative estimate of drug-likeness (QED) is 0.211. The average Bonchev–Trinajstić information content (AvgIpc) is 3.26. The largest absolute Gasteiger partial charge is 0.416 e. The van der Waals surface area contributed by atoms with E-state index in [1.54, 1.807) is 30.3 Å². The molecule has 0 saturated heterocycles. The number of halogens is 6. The fourth-order valence-electron chi connectivity index (χ4n) is 3.15. The molecule has 0 aliphatic carbocycles. The molecule has 0 bridgehead atoms. The van der Waals surface area contributed by atoms with E-state index in [1.165, 1.54) is 6.07 Å². The highest BCUT2D eigenvalue weighted by molar-refractivity contribution is 6.31. The summed E-state index contributed by atoms with van der Waals surface area (Å²) in [4.78, 5) is 17.0. The normalized spacial score (nSPS) is 15.6. The van der Waals surface area contributed by atoms with E-state index in [-0.39, 0.29) is 22.2 Å². The van der Waals surface area contributed by atoms with Crippen molar-refractivity contribution in [3.05, 3.63) is 105 Å². The first kappa shape index (κ1) is 25.3. The Balaban J connectivity index is 1.60. The van der Waals surface area contributed by atoms with Gasteiger partial charge in [-0.3, -0.25) is 10.1 Å². The van der Waals surface area contributed by atoms with Crippen LogP contribution in [0.4, 0.5) is 23.2 Å². The number of rotatable bonds is 4. The van der Waals surface area contributed by atoms with Gasteiger partial charge in [-0.2, -0.15) is 23.4 Å². The lowest BCUT2D eigenvalue weighted by molar-refractivity contribution is -0.137. The fraction of sp³-hybridized carbons (Fsp3) is 0.0833. The van der Waals surface area contributed by atoms with E-state index in [4.69, 9.17) is 23.2 Å². The minimum atomic E-state index is -4.54. The number of anilines is 1. The molecule has 0 radical (unpaired) electrons. The Morgan fingerprint density at radius 2 is 1.64 bits per heavy atom. The summed E-state index contributed by atoms with van der Waals surface area (Å²) in [6, 6.07) is 14.1. The average molecular weight is 536 g/mol. The maximum absolute atomic E-state index is 13.8. The Morgan fingerprint density at radius 3 is 2.28 bits per heavy atom. The van der Waals surface area contributed by atoms with E-state index in [9.17, 15) is 22.4 Å².